The summed E-state index contributed by atoms with van der Waals surface area (Å²) in [6.07, 6.45) is 4.64. The normalized spacial score (nSPS) is 15.6. The molecule has 9 heteroatoms. The van der Waals surface area contributed by atoms with E-state index in [2.05, 4.69) is 20.5 Å². The van der Waals surface area contributed by atoms with Crippen LogP contribution in [0, 0.1) is 5.92 Å². The van der Waals surface area contributed by atoms with Crippen LogP contribution in [0.15, 0.2) is 48.8 Å². The number of H-pyrrole nitrogens is 1. The maximum absolute atomic E-state index is 12.8. The van der Waals surface area contributed by atoms with Crippen molar-refractivity contribution < 1.29 is 19.1 Å². The smallest absolute Gasteiger partial charge is 0.274 e. The Kier molecular flexibility index (Phi) is 5.45. The first-order valence-electron chi connectivity index (χ1n) is 10.6. The Hall–Kier alpha value is -3.88. The number of hydrogen-bond donors (Lipinski definition) is 2. The highest BCUT2D eigenvalue weighted by Gasteiger charge is 2.29. The topological polar surface area (TPSA) is 109 Å². The summed E-state index contributed by atoms with van der Waals surface area (Å²) < 4.78 is 10.7. The molecule has 0 atom stereocenters. The maximum Gasteiger partial charge on any atom is 0.274 e. The van der Waals surface area contributed by atoms with Crippen LogP contribution < -0.4 is 14.8 Å². The van der Waals surface area contributed by atoms with E-state index in [-0.39, 0.29) is 24.5 Å². The molecule has 4 heterocycles. The average Bonchev–Trinajstić information content (AvgIpc) is 3.52. The number of aromatic amines is 1. The number of fused-ring (bicyclic) bond motifs is 1. The van der Waals surface area contributed by atoms with Gasteiger partial charge in [-0.3, -0.25) is 19.7 Å². The third-order valence-corrected chi connectivity index (χ3v) is 5.84. The highest BCUT2D eigenvalue weighted by molar-refractivity contribution is 5.93. The lowest BCUT2D eigenvalue weighted by molar-refractivity contribution is -0.126. The predicted octanol–water partition coefficient (Wildman–Crippen LogP) is 2.37. The number of likely N-dealkylation sites (tertiary alicyclic amines) is 1. The first kappa shape index (κ1) is 20.0. The fourth-order valence-electron chi connectivity index (χ4n) is 4.00. The molecule has 9 nitrogen and oxygen atoms in total. The summed E-state index contributed by atoms with van der Waals surface area (Å²) in [5, 5.41) is 10.1. The molecule has 1 saturated heterocycles. The van der Waals surface area contributed by atoms with Crippen LogP contribution in [0.4, 0.5) is 0 Å². The molecule has 0 aliphatic carbocycles. The second-order valence-corrected chi connectivity index (χ2v) is 7.87. The lowest BCUT2D eigenvalue weighted by Crippen LogP contribution is -2.43. The standard InChI is InChI=1S/C23H23N5O4/c29-22(25-13-15-1-2-20-21(11-15)32-14-31-20)17-5-9-28(10-6-17)23(30)19-12-18(26-27-19)16-3-7-24-8-4-16/h1-4,7-8,11-12,17H,5-6,9-10,13-14H2,(H,25,29)(H,26,27). The molecule has 2 aromatic heterocycles. The van der Waals surface area contributed by atoms with E-state index in [1.807, 2.05) is 30.3 Å². The predicted molar refractivity (Wildman–Crippen MR) is 115 cm³/mol. The Bertz CT molecular complexity index is 1120. The first-order chi connectivity index (χ1) is 15.7. The molecule has 0 saturated carbocycles. The Morgan fingerprint density at radius 1 is 1.06 bits per heavy atom. The van der Waals surface area contributed by atoms with Crippen molar-refractivity contribution in [3.8, 4) is 22.8 Å². The number of ether oxygens (including phenoxy) is 2. The van der Waals surface area contributed by atoms with Crippen LogP contribution in [0.3, 0.4) is 0 Å². The van der Waals surface area contributed by atoms with Gasteiger partial charge in [-0.25, -0.2) is 0 Å². The van der Waals surface area contributed by atoms with Gasteiger partial charge in [0.1, 0.15) is 0 Å². The van der Waals surface area contributed by atoms with Crippen LogP contribution in [0.1, 0.15) is 28.9 Å². The minimum absolute atomic E-state index is 0.00880. The zero-order valence-corrected chi connectivity index (χ0v) is 17.4. The van der Waals surface area contributed by atoms with Gasteiger partial charge in [0.15, 0.2) is 17.2 Å². The Morgan fingerprint density at radius 3 is 2.66 bits per heavy atom. The van der Waals surface area contributed by atoms with Crippen LogP contribution in [-0.4, -0.2) is 51.8 Å². The number of piperidine rings is 1. The van der Waals surface area contributed by atoms with E-state index in [0.29, 0.717) is 43.9 Å². The third-order valence-electron chi connectivity index (χ3n) is 5.84. The molecular formula is C23H23N5O4. The van der Waals surface area contributed by atoms with Gasteiger partial charge >= 0.3 is 0 Å². The molecule has 164 valence electrons. The molecule has 0 bridgehead atoms. The van der Waals surface area contributed by atoms with Gasteiger partial charge in [-0.05, 0) is 48.7 Å². The lowest BCUT2D eigenvalue weighted by Gasteiger charge is -2.30. The first-order valence-corrected chi connectivity index (χ1v) is 10.6. The summed E-state index contributed by atoms with van der Waals surface area (Å²) in [6.45, 7) is 1.71. The van der Waals surface area contributed by atoms with Crippen molar-refractivity contribution in [2.45, 2.75) is 19.4 Å². The Labute approximate surface area is 184 Å². The zero-order valence-electron chi connectivity index (χ0n) is 17.4. The van der Waals surface area contributed by atoms with E-state index >= 15 is 0 Å². The van der Waals surface area contributed by atoms with Crippen LogP contribution in [-0.2, 0) is 11.3 Å². The molecule has 2 amide bonds. The van der Waals surface area contributed by atoms with Crippen molar-refractivity contribution in [1.82, 2.24) is 25.4 Å². The summed E-state index contributed by atoms with van der Waals surface area (Å²) in [7, 11) is 0. The number of rotatable bonds is 5. The fourth-order valence-corrected chi connectivity index (χ4v) is 4.00. The summed E-state index contributed by atoms with van der Waals surface area (Å²) >= 11 is 0. The van der Waals surface area contributed by atoms with E-state index in [0.717, 1.165) is 22.6 Å². The third kappa shape index (κ3) is 4.14. The maximum atomic E-state index is 12.8. The number of aromatic nitrogens is 3. The van der Waals surface area contributed by atoms with Crippen LogP contribution >= 0.6 is 0 Å². The molecule has 2 aliphatic rings. The molecule has 32 heavy (non-hydrogen) atoms. The summed E-state index contributed by atoms with van der Waals surface area (Å²) in [5.74, 6) is 1.20. The van der Waals surface area contributed by atoms with Gasteiger partial charge in [0.25, 0.3) is 5.91 Å². The summed E-state index contributed by atoms with van der Waals surface area (Å²) in [5.41, 5.74) is 3.03. The molecule has 3 aromatic rings. The van der Waals surface area contributed by atoms with Crippen LogP contribution in [0.5, 0.6) is 11.5 Å². The van der Waals surface area contributed by atoms with Gasteiger partial charge in [0.2, 0.25) is 12.7 Å². The van der Waals surface area contributed by atoms with E-state index in [9.17, 15) is 9.59 Å². The number of carbonyl (C=O) groups excluding carboxylic acids is 2. The van der Waals surface area contributed by atoms with Crippen molar-refractivity contribution in [2.75, 3.05) is 19.9 Å². The fraction of sp³-hybridized carbons (Fsp3) is 0.304. The molecule has 0 unspecified atom stereocenters. The lowest BCUT2D eigenvalue weighted by atomic mass is 9.95. The van der Waals surface area contributed by atoms with Crippen molar-refractivity contribution in [2.24, 2.45) is 5.92 Å². The molecule has 1 aromatic carbocycles. The van der Waals surface area contributed by atoms with Crippen molar-refractivity contribution in [1.29, 1.82) is 0 Å². The van der Waals surface area contributed by atoms with Gasteiger partial charge in [0.05, 0.1) is 5.69 Å². The Morgan fingerprint density at radius 2 is 1.84 bits per heavy atom. The van der Waals surface area contributed by atoms with Crippen molar-refractivity contribution in [3.05, 3.63) is 60.0 Å². The van der Waals surface area contributed by atoms with Gasteiger partial charge in [-0.1, -0.05) is 6.07 Å². The highest BCUT2D eigenvalue weighted by atomic mass is 16.7. The number of hydrogen-bond acceptors (Lipinski definition) is 6. The van der Waals surface area contributed by atoms with Crippen LogP contribution in [0.25, 0.3) is 11.3 Å². The Balaban J connectivity index is 1.12. The SMILES string of the molecule is O=C(NCc1ccc2c(c1)OCO2)C1CCN(C(=O)c2cc(-c3ccncc3)[nH]n2)CC1. The van der Waals surface area contributed by atoms with E-state index in [1.165, 1.54) is 0 Å². The van der Waals surface area contributed by atoms with Crippen molar-refractivity contribution >= 4 is 11.8 Å². The summed E-state index contributed by atoms with van der Waals surface area (Å²) in [4.78, 5) is 31.2. The number of nitrogens with zero attached hydrogens (tertiary/aromatic N) is 3. The van der Waals surface area contributed by atoms with Gasteiger partial charge in [-0.2, -0.15) is 5.10 Å². The molecule has 0 spiro atoms. The molecule has 2 N–H and O–H groups in total. The average molecular weight is 433 g/mol. The van der Waals surface area contributed by atoms with Gasteiger partial charge < -0.3 is 19.7 Å². The number of pyridine rings is 1. The number of carbonyl (C=O) groups is 2. The minimum Gasteiger partial charge on any atom is -0.454 e. The molecule has 2 aliphatic heterocycles. The number of nitrogens with one attached hydrogen (secondary N) is 2. The molecule has 1 fully saturated rings. The van der Waals surface area contributed by atoms with Gasteiger partial charge in [-0.15, -0.1) is 0 Å². The monoisotopic (exact) mass is 433 g/mol. The second kappa shape index (κ2) is 8.70. The summed E-state index contributed by atoms with van der Waals surface area (Å²) in [6, 6.07) is 11.1. The molecular weight excluding hydrogens is 410 g/mol. The number of benzene rings is 1. The van der Waals surface area contributed by atoms with E-state index < -0.39 is 0 Å². The zero-order chi connectivity index (χ0) is 21.9. The highest BCUT2D eigenvalue weighted by Crippen LogP contribution is 2.32. The largest absolute Gasteiger partial charge is 0.454 e. The van der Waals surface area contributed by atoms with Gasteiger partial charge in [0, 0.05) is 43.5 Å². The van der Waals surface area contributed by atoms with E-state index in [4.69, 9.17) is 9.47 Å². The minimum atomic E-state index is -0.124. The van der Waals surface area contributed by atoms with Crippen LogP contribution in [0.2, 0.25) is 0 Å². The second-order valence-electron chi connectivity index (χ2n) is 7.87. The van der Waals surface area contributed by atoms with Crippen molar-refractivity contribution in [3.63, 3.8) is 0 Å². The van der Waals surface area contributed by atoms with E-state index in [1.54, 1.807) is 23.4 Å². The molecule has 5 rings (SSSR count). The number of amides is 2. The quantitative estimate of drug-likeness (QED) is 0.639. The molecule has 0 radical (unpaired) electrons.